The summed E-state index contributed by atoms with van der Waals surface area (Å²) in [5.74, 6) is 0.665. The van der Waals surface area contributed by atoms with Gasteiger partial charge < -0.3 is 26.4 Å². The second kappa shape index (κ2) is 11.1. The van der Waals surface area contributed by atoms with Gasteiger partial charge in [0.05, 0.1) is 50.9 Å². The zero-order valence-corrected chi connectivity index (χ0v) is 14.0. The van der Waals surface area contributed by atoms with Gasteiger partial charge in [-0.2, -0.15) is 0 Å². The first kappa shape index (κ1) is 18.5. The molecule has 22 heavy (non-hydrogen) atoms. The fourth-order valence-electron chi connectivity index (χ4n) is 2.27. The molecular weight excluding hydrogens is 278 g/mol. The van der Waals surface area contributed by atoms with Gasteiger partial charge in [-0.05, 0) is 18.9 Å². The number of unbranched alkanes of at least 4 members (excludes halogenated alkanes) is 2. The van der Waals surface area contributed by atoms with E-state index in [1.807, 2.05) is 0 Å². The zero-order valence-electron chi connectivity index (χ0n) is 14.0. The highest BCUT2D eigenvalue weighted by Gasteiger charge is 2.02. The van der Waals surface area contributed by atoms with Crippen LogP contribution in [0.3, 0.4) is 0 Å². The van der Waals surface area contributed by atoms with Gasteiger partial charge in [-0.15, -0.1) is 0 Å². The molecule has 0 saturated carbocycles. The van der Waals surface area contributed by atoms with E-state index in [0.29, 0.717) is 30.3 Å². The van der Waals surface area contributed by atoms with E-state index >= 15 is 0 Å². The molecule has 126 valence electrons. The van der Waals surface area contributed by atoms with Crippen molar-refractivity contribution in [2.24, 2.45) is 0 Å². The van der Waals surface area contributed by atoms with Gasteiger partial charge in [0, 0.05) is 13.0 Å². The van der Waals surface area contributed by atoms with E-state index in [0.717, 1.165) is 13.0 Å². The summed E-state index contributed by atoms with van der Waals surface area (Å²) in [4.78, 5) is 5.74. The van der Waals surface area contributed by atoms with Gasteiger partial charge in [0.25, 0.3) is 0 Å². The monoisotopic (exact) mass is 310 g/mol. The van der Waals surface area contributed by atoms with Gasteiger partial charge in [-0.1, -0.05) is 13.3 Å². The molecule has 1 rings (SSSR count). The molecule has 0 radical (unpaired) electrons. The van der Waals surface area contributed by atoms with E-state index in [-0.39, 0.29) is 0 Å². The smallest absolute Gasteiger partial charge is 0.149 e. The first-order valence-corrected chi connectivity index (χ1v) is 8.27. The molecule has 6 heteroatoms. The summed E-state index contributed by atoms with van der Waals surface area (Å²) in [6.45, 7) is 6.82. The summed E-state index contributed by atoms with van der Waals surface area (Å²) >= 11 is 0. The quantitative estimate of drug-likeness (QED) is 0.428. The molecule has 0 aliphatic rings. The molecule has 0 saturated heterocycles. The van der Waals surface area contributed by atoms with Crippen molar-refractivity contribution in [3.05, 3.63) is 12.3 Å². The number of anilines is 3. The van der Waals surface area contributed by atoms with E-state index in [4.69, 9.17) is 16.2 Å². The van der Waals surface area contributed by atoms with Crippen LogP contribution in [0.4, 0.5) is 17.2 Å². The summed E-state index contributed by atoms with van der Waals surface area (Å²) in [6.07, 6.45) is 6.64. The third-order valence-electron chi connectivity index (χ3n) is 3.58. The van der Waals surface area contributed by atoms with Crippen molar-refractivity contribution < 1.29 is 9.64 Å². The van der Waals surface area contributed by atoms with Crippen LogP contribution in [-0.2, 0) is 4.74 Å². The Kier molecular flexibility index (Phi) is 9.34. The number of hydrogen-bond donors (Lipinski definition) is 4. The van der Waals surface area contributed by atoms with Gasteiger partial charge in [0.1, 0.15) is 5.82 Å². The molecule has 0 amide bonds. The fourth-order valence-corrected chi connectivity index (χ4v) is 2.27. The zero-order chi connectivity index (χ0) is 16.2. The van der Waals surface area contributed by atoms with Crippen LogP contribution in [0.15, 0.2) is 12.3 Å². The van der Waals surface area contributed by atoms with Crippen molar-refractivity contribution in [1.82, 2.24) is 4.98 Å². The van der Waals surface area contributed by atoms with E-state index in [9.17, 15) is 0 Å². The van der Waals surface area contributed by atoms with Gasteiger partial charge >= 0.3 is 0 Å². The molecule has 0 aliphatic heterocycles. The lowest BCUT2D eigenvalue weighted by Gasteiger charge is -2.14. The first-order chi connectivity index (χ1) is 10.6. The molecule has 0 aromatic carbocycles. The van der Waals surface area contributed by atoms with Crippen LogP contribution in [0.2, 0.25) is 0 Å². The van der Waals surface area contributed by atoms with Crippen molar-refractivity contribution in [2.45, 2.75) is 32.6 Å². The van der Waals surface area contributed by atoms with Gasteiger partial charge in [-0.25, -0.2) is 4.98 Å². The number of hydrogen-bond acceptors (Lipinski definition) is 5. The number of aromatic nitrogens is 1. The number of nitrogens with one attached hydrogen (secondary N) is 2. The van der Waals surface area contributed by atoms with Gasteiger partial charge in [0.15, 0.2) is 0 Å². The van der Waals surface area contributed by atoms with Crippen LogP contribution in [0, 0.1) is 0 Å². The van der Waals surface area contributed by atoms with Crippen LogP contribution >= 0.6 is 0 Å². The van der Waals surface area contributed by atoms with Crippen LogP contribution in [0.5, 0.6) is 0 Å². The molecule has 6 N–H and O–H groups in total. The predicted molar refractivity (Wildman–Crippen MR) is 93.1 cm³/mol. The highest BCUT2D eigenvalue weighted by Crippen LogP contribution is 2.16. The molecule has 0 bridgehead atoms. The summed E-state index contributed by atoms with van der Waals surface area (Å²) in [5.41, 5.74) is 12.6. The van der Waals surface area contributed by atoms with E-state index in [1.54, 1.807) is 17.2 Å². The molecule has 6 nitrogen and oxygen atoms in total. The normalized spacial score (nSPS) is 12.3. The molecule has 1 unspecified atom stereocenters. The number of rotatable bonds is 12. The second-order valence-electron chi connectivity index (χ2n) is 5.76. The third kappa shape index (κ3) is 8.05. The minimum absolute atomic E-state index is 0.567. The van der Waals surface area contributed by atoms with E-state index < -0.39 is 0 Å². The molecule has 1 heterocycles. The molecular formula is C16H32N5O+. The minimum Gasteiger partial charge on any atom is -0.397 e. The van der Waals surface area contributed by atoms with Crippen LogP contribution in [0.1, 0.15) is 32.6 Å². The largest absolute Gasteiger partial charge is 0.397 e. The molecule has 1 atom stereocenters. The maximum absolute atomic E-state index is 5.82. The Hall–Kier alpha value is -1.53. The number of nitrogens with two attached hydrogens (primary N) is 2. The Bertz CT molecular complexity index is 414. The SMILES string of the molecule is CCCCC[NH+](C)CCCOCCNc1ncc(N)cc1N. The average Bonchev–Trinajstić information content (AvgIpc) is 2.48. The number of nitrogens with zero attached hydrogens (tertiary/aromatic N) is 1. The van der Waals surface area contributed by atoms with Gasteiger partial charge in [0.2, 0.25) is 0 Å². The summed E-state index contributed by atoms with van der Waals surface area (Å²) in [7, 11) is 2.26. The molecule has 1 aromatic heterocycles. The average molecular weight is 310 g/mol. The predicted octanol–water partition coefficient (Wildman–Crippen LogP) is 0.770. The number of quaternary nitrogens is 1. The van der Waals surface area contributed by atoms with Crippen molar-refractivity contribution >= 4 is 17.2 Å². The fraction of sp³-hybridized carbons (Fsp3) is 0.688. The maximum atomic E-state index is 5.82. The number of pyridine rings is 1. The molecule has 0 spiro atoms. The Balaban J connectivity index is 1.99. The Morgan fingerprint density at radius 1 is 1.18 bits per heavy atom. The van der Waals surface area contributed by atoms with Crippen molar-refractivity contribution in [3.63, 3.8) is 0 Å². The lowest BCUT2D eigenvalue weighted by Crippen LogP contribution is -3.09. The molecule has 0 aliphatic carbocycles. The Labute approximate surface area is 134 Å². The van der Waals surface area contributed by atoms with Crippen LogP contribution in [-0.4, -0.2) is 44.9 Å². The highest BCUT2D eigenvalue weighted by atomic mass is 16.5. The Morgan fingerprint density at radius 3 is 2.68 bits per heavy atom. The first-order valence-electron chi connectivity index (χ1n) is 8.27. The highest BCUT2D eigenvalue weighted by molar-refractivity contribution is 5.65. The van der Waals surface area contributed by atoms with Crippen molar-refractivity contribution in [2.75, 3.05) is 56.7 Å². The van der Waals surface area contributed by atoms with E-state index in [2.05, 4.69) is 24.3 Å². The van der Waals surface area contributed by atoms with Crippen molar-refractivity contribution in [3.8, 4) is 0 Å². The summed E-state index contributed by atoms with van der Waals surface area (Å²) < 4.78 is 5.63. The summed E-state index contributed by atoms with van der Waals surface area (Å²) in [6, 6.07) is 1.70. The van der Waals surface area contributed by atoms with E-state index in [1.165, 1.54) is 32.4 Å². The molecule has 1 aromatic rings. The van der Waals surface area contributed by atoms with Crippen LogP contribution < -0.4 is 21.7 Å². The van der Waals surface area contributed by atoms with Crippen LogP contribution in [0.25, 0.3) is 0 Å². The number of ether oxygens (including phenoxy) is 1. The lowest BCUT2D eigenvalue weighted by molar-refractivity contribution is -0.880. The van der Waals surface area contributed by atoms with Gasteiger partial charge in [-0.3, -0.25) is 0 Å². The third-order valence-corrected chi connectivity index (χ3v) is 3.58. The summed E-state index contributed by atoms with van der Waals surface area (Å²) in [5, 5.41) is 3.15. The lowest BCUT2D eigenvalue weighted by atomic mass is 10.2. The second-order valence-corrected chi connectivity index (χ2v) is 5.76. The maximum Gasteiger partial charge on any atom is 0.149 e. The standard InChI is InChI=1S/C16H31N5O/c1-3-4-5-8-21(2)9-6-10-22-11-7-19-16-15(18)12-14(17)13-20-16/h12-13H,3-11,17-18H2,1-2H3,(H,19,20)/p+1. The Morgan fingerprint density at radius 2 is 1.95 bits per heavy atom. The van der Waals surface area contributed by atoms with Crippen molar-refractivity contribution in [1.29, 1.82) is 0 Å². The number of nitrogen functional groups attached to an aromatic ring is 2. The molecule has 0 fully saturated rings. The topological polar surface area (TPSA) is 90.6 Å². The minimum atomic E-state index is 0.567.